The molecule has 0 saturated carbocycles. The summed E-state index contributed by atoms with van der Waals surface area (Å²) in [5, 5.41) is 11.5. The Morgan fingerprint density at radius 2 is 1.71 bits per heavy atom. The fourth-order valence-corrected chi connectivity index (χ4v) is 4.65. The van der Waals surface area contributed by atoms with Gasteiger partial charge >= 0.3 is 5.69 Å². The summed E-state index contributed by atoms with van der Waals surface area (Å²) in [7, 11) is 1.49. The molecule has 160 valence electrons. The van der Waals surface area contributed by atoms with Crippen molar-refractivity contribution < 1.29 is 9.84 Å². The molecular formula is C24H24N2O4S. The SMILES string of the molecule is CC(C)Cn1c(=O)n(C)c(=O)c2cc(C(O)c3cccc(Oc4ccccc4)c3)sc21. The van der Waals surface area contributed by atoms with Crippen molar-refractivity contribution in [2.45, 2.75) is 26.5 Å². The summed E-state index contributed by atoms with van der Waals surface area (Å²) in [5.74, 6) is 1.55. The van der Waals surface area contributed by atoms with Gasteiger partial charge in [0.2, 0.25) is 0 Å². The van der Waals surface area contributed by atoms with E-state index in [9.17, 15) is 14.7 Å². The van der Waals surface area contributed by atoms with Crippen molar-refractivity contribution in [3.63, 3.8) is 0 Å². The lowest BCUT2D eigenvalue weighted by Crippen LogP contribution is -2.38. The molecule has 2 aromatic carbocycles. The molecule has 0 aliphatic rings. The Labute approximate surface area is 183 Å². The summed E-state index contributed by atoms with van der Waals surface area (Å²) in [6.07, 6.45) is -0.941. The van der Waals surface area contributed by atoms with E-state index in [1.165, 1.54) is 18.4 Å². The predicted molar refractivity (Wildman–Crippen MR) is 123 cm³/mol. The number of benzene rings is 2. The summed E-state index contributed by atoms with van der Waals surface area (Å²) >= 11 is 1.27. The Kier molecular flexibility index (Phi) is 5.80. The average Bonchev–Trinajstić information content (AvgIpc) is 3.21. The lowest BCUT2D eigenvalue weighted by atomic mass is 10.1. The van der Waals surface area contributed by atoms with E-state index in [0.717, 1.165) is 4.57 Å². The molecule has 6 nitrogen and oxygen atoms in total. The monoisotopic (exact) mass is 436 g/mol. The van der Waals surface area contributed by atoms with Gasteiger partial charge in [0, 0.05) is 18.5 Å². The number of nitrogens with zero attached hydrogens (tertiary/aromatic N) is 2. The second-order valence-corrected chi connectivity index (χ2v) is 8.97. The molecule has 0 saturated heterocycles. The summed E-state index contributed by atoms with van der Waals surface area (Å²) < 4.78 is 8.62. The lowest BCUT2D eigenvalue weighted by molar-refractivity contribution is 0.224. The molecule has 0 bridgehead atoms. The predicted octanol–water partition coefficient (Wildman–Crippen LogP) is 4.29. The topological polar surface area (TPSA) is 73.5 Å². The first-order valence-corrected chi connectivity index (χ1v) is 10.9. The van der Waals surface area contributed by atoms with Crippen LogP contribution in [0.5, 0.6) is 11.5 Å². The lowest BCUT2D eigenvalue weighted by Gasteiger charge is -2.12. The van der Waals surface area contributed by atoms with E-state index in [2.05, 4.69) is 0 Å². The van der Waals surface area contributed by atoms with Crippen LogP contribution in [0, 0.1) is 5.92 Å². The van der Waals surface area contributed by atoms with Crippen molar-refractivity contribution in [1.29, 1.82) is 0 Å². The van der Waals surface area contributed by atoms with Crippen LogP contribution >= 0.6 is 11.3 Å². The summed E-state index contributed by atoms with van der Waals surface area (Å²) in [5.41, 5.74) is -0.0437. The summed E-state index contributed by atoms with van der Waals surface area (Å²) in [4.78, 5) is 26.5. The number of fused-ring (bicyclic) bond motifs is 1. The van der Waals surface area contributed by atoms with Gasteiger partial charge in [-0.25, -0.2) is 4.79 Å². The standard InChI is InChI=1S/C24H24N2O4S/c1-15(2)14-26-23-19(22(28)25(3)24(26)29)13-20(31-23)21(27)16-8-7-11-18(12-16)30-17-9-5-4-6-10-17/h4-13,15,21,27H,14H2,1-3H3. The third-order valence-corrected chi connectivity index (χ3v) is 6.21. The number of rotatable bonds is 6. The highest BCUT2D eigenvalue weighted by Gasteiger charge is 2.20. The zero-order chi connectivity index (χ0) is 22.1. The van der Waals surface area contributed by atoms with Crippen LogP contribution in [-0.4, -0.2) is 14.2 Å². The van der Waals surface area contributed by atoms with Gasteiger partial charge < -0.3 is 9.84 Å². The highest BCUT2D eigenvalue weighted by molar-refractivity contribution is 7.18. The number of hydrogen-bond donors (Lipinski definition) is 1. The molecule has 0 aliphatic heterocycles. The van der Waals surface area contributed by atoms with Gasteiger partial charge in [-0.3, -0.25) is 13.9 Å². The van der Waals surface area contributed by atoms with Crippen LogP contribution in [0.25, 0.3) is 10.2 Å². The van der Waals surface area contributed by atoms with E-state index in [1.807, 2.05) is 62.4 Å². The Morgan fingerprint density at radius 3 is 2.42 bits per heavy atom. The van der Waals surface area contributed by atoms with Crippen LogP contribution in [0.2, 0.25) is 0 Å². The number of hydrogen-bond acceptors (Lipinski definition) is 5. The minimum atomic E-state index is -0.941. The third-order valence-electron chi connectivity index (χ3n) is 5.00. The zero-order valence-corrected chi connectivity index (χ0v) is 18.4. The summed E-state index contributed by atoms with van der Waals surface area (Å²) in [6, 6.07) is 18.3. The van der Waals surface area contributed by atoms with Gasteiger partial charge in [-0.1, -0.05) is 44.2 Å². The maximum Gasteiger partial charge on any atom is 0.331 e. The number of thiophene rings is 1. The molecule has 1 atom stereocenters. The van der Waals surface area contributed by atoms with Gasteiger partial charge in [-0.2, -0.15) is 0 Å². The van der Waals surface area contributed by atoms with E-state index < -0.39 is 6.10 Å². The van der Waals surface area contributed by atoms with Crippen LogP contribution in [0.4, 0.5) is 0 Å². The van der Waals surface area contributed by atoms with E-state index >= 15 is 0 Å². The molecule has 0 radical (unpaired) electrons. The average molecular weight is 437 g/mol. The molecule has 7 heteroatoms. The first kappa shape index (κ1) is 21.1. The third kappa shape index (κ3) is 4.19. The molecule has 1 N–H and O–H groups in total. The molecule has 2 heterocycles. The molecular weight excluding hydrogens is 412 g/mol. The molecule has 0 amide bonds. The second kappa shape index (κ2) is 8.53. The van der Waals surface area contributed by atoms with Crippen molar-refractivity contribution in [2.75, 3.05) is 0 Å². The van der Waals surface area contributed by atoms with Crippen LogP contribution in [0.3, 0.4) is 0 Å². The Morgan fingerprint density at radius 1 is 1.00 bits per heavy atom. The van der Waals surface area contributed by atoms with Crippen molar-refractivity contribution in [3.8, 4) is 11.5 Å². The minimum Gasteiger partial charge on any atom is -0.457 e. The van der Waals surface area contributed by atoms with Crippen LogP contribution < -0.4 is 16.0 Å². The van der Waals surface area contributed by atoms with E-state index in [0.29, 0.717) is 38.7 Å². The van der Waals surface area contributed by atoms with Gasteiger partial charge in [0.05, 0.1) is 5.39 Å². The molecule has 0 aliphatic carbocycles. The number of para-hydroxylation sites is 1. The van der Waals surface area contributed by atoms with Crippen LogP contribution in [0.1, 0.15) is 30.4 Å². The van der Waals surface area contributed by atoms with Gasteiger partial charge in [0.1, 0.15) is 22.4 Å². The first-order chi connectivity index (χ1) is 14.8. The Hall–Kier alpha value is -3.16. The van der Waals surface area contributed by atoms with Crippen molar-refractivity contribution in [1.82, 2.24) is 9.13 Å². The van der Waals surface area contributed by atoms with Crippen molar-refractivity contribution in [2.24, 2.45) is 13.0 Å². The molecule has 0 fully saturated rings. The Bertz CT molecular complexity index is 1340. The normalized spacial score (nSPS) is 12.4. The smallest absolute Gasteiger partial charge is 0.331 e. The maximum absolute atomic E-state index is 12.7. The van der Waals surface area contributed by atoms with Gasteiger partial charge in [-0.15, -0.1) is 11.3 Å². The molecule has 1 unspecified atom stereocenters. The minimum absolute atomic E-state index is 0.237. The molecule has 0 spiro atoms. The maximum atomic E-state index is 12.7. The molecule has 4 aromatic rings. The molecule has 2 aromatic heterocycles. The molecule has 4 rings (SSSR count). The molecule has 31 heavy (non-hydrogen) atoms. The van der Waals surface area contributed by atoms with Gasteiger partial charge in [0.25, 0.3) is 5.56 Å². The first-order valence-electron chi connectivity index (χ1n) is 10.1. The number of aromatic nitrogens is 2. The largest absolute Gasteiger partial charge is 0.457 e. The number of aliphatic hydroxyl groups is 1. The van der Waals surface area contributed by atoms with Crippen molar-refractivity contribution >= 4 is 21.6 Å². The summed E-state index contributed by atoms with van der Waals surface area (Å²) in [6.45, 7) is 4.54. The quantitative estimate of drug-likeness (QED) is 0.489. The van der Waals surface area contributed by atoms with E-state index in [4.69, 9.17) is 4.74 Å². The second-order valence-electron chi connectivity index (χ2n) is 7.91. The van der Waals surface area contributed by atoms with E-state index in [-0.39, 0.29) is 17.2 Å². The van der Waals surface area contributed by atoms with Gasteiger partial charge in [-0.05, 0) is 41.8 Å². The fourth-order valence-electron chi connectivity index (χ4n) is 3.49. The Balaban J connectivity index is 1.74. The van der Waals surface area contributed by atoms with E-state index in [1.54, 1.807) is 16.7 Å². The highest BCUT2D eigenvalue weighted by atomic mass is 32.1. The van der Waals surface area contributed by atoms with Gasteiger partial charge in [0.15, 0.2) is 0 Å². The number of ether oxygens (including phenoxy) is 1. The highest BCUT2D eigenvalue weighted by Crippen LogP contribution is 2.33. The zero-order valence-electron chi connectivity index (χ0n) is 17.6. The number of aliphatic hydroxyl groups excluding tert-OH is 1. The van der Waals surface area contributed by atoms with Crippen LogP contribution in [0.15, 0.2) is 70.3 Å². The van der Waals surface area contributed by atoms with Crippen molar-refractivity contribution in [3.05, 3.63) is 91.9 Å². The van der Waals surface area contributed by atoms with Crippen LogP contribution in [-0.2, 0) is 13.6 Å². The fraction of sp³-hybridized carbons (Fsp3) is 0.250.